The van der Waals surface area contributed by atoms with E-state index in [1.54, 1.807) is 7.11 Å². The molecule has 0 N–H and O–H groups in total. The fraction of sp³-hybridized carbons (Fsp3) is 0.111. The van der Waals surface area contributed by atoms with Gasteiger partial charge in [-0.25, -0.2) is 0 Å². The molecule has 0 fully saturated rings. The number of hydrogen-bond acceptors (Lipinski definition) is 2. The molecule has 0 saturated heterocycles. The molecule has 29 heavy (non-hydrogen) atoms. The van der Waals surface area contributed by atoms with E-state index in [2.05, 4.69) is 23.7 Å². The molecule has 1 aliphatic heterocycles. The van der Waals surface area contributed by atoms with Gasteiger partial charge >= 0.3 is 0 Å². The maximum atomic E-state index is 6.09. The molecule has 3 aromatic carbocycles. The number of methoxy groups -OCH3 is 1. The summed E-state index contributed by atoms with van der Waals surface area (Å²) < 4.78 is 11.4. The Bertz CT molecular complexity index is 1120. The highest BCUT2D eigenvalue weighted by Gasteiger charge is 2.26. The molecule has 2 heteroatoms. The lowest BCUT2D eigenvalue weighted by Gasteiger charge is -2.12. The molecule has 1 unspecified atom stereocenters. The smallest absolute Gasteiger partial charge is 0.118 e. The minimum Gasteiger partial charge on any atom is -0.497 e. The molecule has 1 aliphatic rings. The van der Waals surface area contributed by atoms with Crippen LogP contribution in [0.1, 0.15) is 22.8 Å². The molecule has 1 heterocycles. The molecule has 0 spiro atoms. The lowest BCUT2D eigenvalue weighted by Crippen LogP contribution is -2.00. The van der Waals surface area contributed by atoms with Gasteiger partial charge in [0.25, 0.3) is 0 Å². The molecule has 1 atom stereocenters. The Morgan fingerprint density at radius 2 is 1.31 bits per heavy atom. The average Bonchev–Trinajstić information content (AvgIpc) is 3.20. The van der Waals surface area contributed by atoms with Gasteiger partial charge in [0.15, 0.2) is 0 Å². The topological polar surface area (TPSA) is 18.5 Å². The Labute approximate surface area is 171 Å². The summed E-state index contributed by atoms with van der Waals surface area (Å²) in [6.45, 7) is 0.454. The molecule has 0 radical (unpaired) electrons. The Kier molecular flexibility index (Phi) is 5.77. The molecule has 0 aromatic heterocycles. The van der Waals surface area contributed by atoms with E-state index in [9.17, 15) is 0 Å². The van der Waals surface area contributed by atoms with Crippen molar-refractivity contribution in [1.29, 1.82) is 0 Å². The van der Waals surface area contributed by atoms with E-state index in [-0.39, 0.29) is 6.10 Å². The van der Waals surface area contributed by atoms with Gasteiger partial charge in [0.2, 0.25) is 0 Å². The number of hydrogen-bond donors (Lipinski definition) is 0. The lowest BCUT2D eigenvalue weighted by molar-refractivity contribution is 0.124. The van der Waals surface area contributed by atoms with Crippen LogP contribution in [0.15, 0.2) is 96.1 Å². The van der Waals surface area contributed by atoms with Crippen LogP contribution >= 0.6 is 0 Å². The van der Waals surface area contributed by atoms with E-state index in [4.69, 9.17) is 9.47 Å². The van der Waals surface area contributed by atoms with Crippen LogP contribution in [-0.4, -0.2) is 13.7 Å². The molecule has 0 aliphatic carbocycles. The zero-order chi connectivity index (χ0) is 19.9. The van der Waals surface area contributed by atoms with Crippen LogP contribution < -0.4 is 4.74 Å². The first-order chi connectivity index (χ1) is 14.3. The van der Waals surface area contributed by atoms with Gasteiger partial charge in [-0.3, -0.25) is 0 Å². The summed E-state index contributed by atoms with van der Waals surface area (Å²) in [5.74, 6) is 13.9. The molecular formula is C27H20O2. The summed E-state index contributed by atoms with van der Waals surface area (Å²) in [5, 5.41) is 0. The standard InChI is InChI=1S/C27H20O2/c1-28-25-17-15-23(16-18-25)27-26(19-13-22-10-6-3-7-11-22)24(20-29-27)14-12-21-8-4-2-5-9-21/h2-11,15-18,27H,20H2,1H3. The highest BCUT2D eigenvalue weighted by molar-refractivity contribution is 5.55. The Hall–Kier alpha value is -3.72. The number of ether oxygens (including phenoxy) is 2. The Morgan fingerprint density at radius 3 is 1.90 bits per heavy atom. The van der Waals surface area contributed by atoms with Crippen LogP contribution in [0.5, 0.6) is 5.75 Å². The van der Waals surface area contributed by atoms with Crippen molar-refractivity contribution in [3.8, 4) is 29.4 Å². The summed E-state index contributed by atoms with van der Waals surface area (Å²) in [4.78, 5) is 0. The van der Waals surface area contributed by atoms with Gasteiger partial charge in [-0.2, -0.15) is 0 Å². The lowest BCUT2D eigenvalue weighted by atomic mass is 9.99. The van der Waals surface area contributed by atoms with Crippen LogP contribution in [0.4, 0.5) is 0 Å². The number of benzene rings is 3. The zero-order valence-corrected chi connectivity index (χ0v) is 16.2. The largest absolute Gasteiger partial charge is 0.497 e. The van der Waals surface area contributed by atoms with Crippen molar-refractivity contribution in [2.24, 2.45) is 0 Å². The van der Waals surface area contributed by atoms with Crippen molar-refractivity contribution in [3.63, 3.8) is 0 Å². The van der Waals surface area contributed by atoms with E-state index >= 15 is 0 Å². The summed E-state index contributed by atoms with van der Waals surface area (Å²) in [7, 11) is 1.66. The van der Waals surface area contributed by atoms with Crippen molar-refractivity contribution in [2.75, 3.05) is 13.7 Å². The van der Waals surface area contributed by atoms with Crippen LogP contribution in [0.25, 0.3) is 0 Å². The maximum absolute atomic E-state index is 6.09. The zero-order valence-electron chi connectivity index (χ0n) is 16.2. The Balaban J connectivity index is 1.72. The van der Waals surface area contributed by atoms with Gasteiger partial charge < -0.3 is 9.47 Å². The van der Waals surface area contributed by atoms with Crippen molar-refractivity contribution in [1.82, 2.24) is 0 Å². The first kappa shape index (κ1) is 18.6. The molecule has 0 bridgehead atoms. The monoisotopic (exact) mass is 376 g/mol. The SMILES string of the molecule is COc1ccc(C2OCC(C#Cc3ccccc3)=C2C#Cc2ccccc2)cc1. The van der Waals surface area contributed by atoms with E-state index in [0.717, 1.165) is 33.6 Å². The minimum absolute atomic E-state index is 0.225. The first-order valence-electron chi connectivity index (χ1n) is 9.46. The summed E-state index contributed by atoms with van der Waals surface area (Å²) in [6, 6.07) is 27.8. The second kappa shape index (κ2) is 8.98. The molecule has 0 amide bonds. The molecule has 140 valence electrons. The number of rotatable bonds is 2. The average molecular weight is 376 g/mol. The summed E-state index contributed by atoms with van der Waals surface area (Å²) >= 11 is 0. The van der Waals surface area contributed by atoms with Crippen LogP contribution in [0, 0.1) is 23.7 Å². The van der Waals surface area contributed by atoms with Crippen molar-refractivity contribution < 1.29 is 9.47 Å². The summed E-state index contributed by atoms with van der Waals surface area (Å²) in [6.07, 6.45) is -0.225. The van der Waals surface area contributed by atoms with Gasteiger partial charge in [-0.05, 0) is 42.0 Å². The molecule has 0 saturated carbocycles. The maximum Gasteiger partial charge on any atom is 0.118 e. The highest BCUT2D eigenvalue weighted by Crippen LogP contribution is 2.34. The third kappa shape index (κ3) is 4.58. The van der Waals surface area contributed by atoms with Gasteiger partial charge in [-0.15, -0.1) is 0 Å². The van der Waals surface area contributed by atoms with Crippen LogP contribution in [0.3, 0.4) is 0 Å². The van der Waals surface area contributed by atoms with E-state index in [0.29, 0.717) is 6.61 Å². The molecule has 3 aromatic rings. The fourth-order valence-corrected chi connectivity index (χ4v) is 3.10. The van der Waals surface area contributed by atoms with Gasteiger partial charge in [0, 0.05) is 22.3 Å². The molecule has 2 nitrogen and oxygen atoms in total. The second-order valence-electron chi connectivity index (χ2n) is 6.59. The first-order valence-corrected chi connectivity index (χ1v) is 9.46. The third-order valence-electron chi connectivity index (χ3n) is 4.65. The normalized spacial score (nSPS) is 15.1. The van der Waals surface area contributed by atoms with E-state index in [1.807, 2.05) is 84.9 Å². The van der Waals surface area contributed by atoms with Crippen molar-refractivity contribution in [2.45, 2.75) is 6.10 Å². The predicted octanol–water partition coefficient (Wildman–Crippen LogP) is 5.17. The Morgan fingerprint density at radius 1 is 0.724 bits per heavy atom. The van der Waals surface area contributed by atoms with E-state index < -0.39 is 0 Å². The van der Waals surface area contributed by atoms with E-state index in [1.165, 1.54) is 0 Å². The fourth-order valence-electron chi connectivity index (χ4n) is 3.10. The molecular weight excluding hydrogens is 356 g/mol. The summed E-state index contributed by atoms with van der Waals surface area (Å²) in [5.41, 5.74) is 4.83. The van der Waals surface area contributed by atoms with Crippen molar-refractivity contribution in [3.05, 3.63) is 113 Å². The van der Waals surface area contributed by atoms with Gasteiger partial charge in [0.1, 0.15) is 11.9 Å². The quantitative estimate of drug-likeness (QED) is 0.575. The van der Waals surface area contributed by atoms with Gasteiger partial charge in [0.05, 0.1) is 13.7 Å². The highest BCUT2D eigenvalue weighted by atomic mass is 16.5. The van der Waals surface area contributed by atoms with Crippen LogP contribution in [0.2, 0.25) is 0 Å². The van der Waals surface area contributed by atoms with Gasteiger partial charge in [-0.1, -0.05) is 72.2 Å². The predicted molar refractivity (Wildman–Crippen MR) is 115 cm³/mol. The third-order valence-corrected chi connectivity index (χ3v) is 4.65. The molecule has 4 rings (SSSR count). The van der Waals surface area contributed by atoms with Crippen molar-refractivity contribution >= 4 is 0 Å². The minimum atomic E-state index is -0.225. The van der Waals surface area contributed by atoms with Crippen LogP contribution in [-0.2, 0) is 4.74 Å². The second-order valence-corrected chi connectivity index (χ2v) is 6.59.